The van der Waals surface area contributed by atoms with Crippen LogP contribution in [0, 0.1) is 17.8 Å². The first kappa shape index (κ1) is 23.4. The molecule has 0 aliphatic rings. The fourth-order valence-corrected chi connectivity index (χ4v) is 3.16. The highest BCUT2D eigenvalue weighted by Crippen LogP contribution is 2.33. The van der Waals surface area contributed by atoms with Crippen molar-refractivity contribution in [3.63, 3.8) is 0 Å². The molecular formula is C23H37NO3. The van der Waals surface area contributed by atoms with Crippen molar-refractivity contribution in [3.05, 3.63) is 35.4 Å². The van der Waals surface area contributed by atoms with Gasteiger partial charge in [-0.15, -0.1) is 0 Å². The van der Waals surface area contributed by atoms with Crippen LogP contribution in [-0.4, -0.2) is 17.9 Å². The Morgan fingerprint density at radius 2 is 1.59 bits per heavy atom. The second kappa shape index (κ2) is 9.01. The fraction of sp³-hybridized carbons (Fsp3) is 0.652. The standard InChI is InChI=1S/C23H37NO3/c1-15(2)19(13-17(14-25)21(26)27-23(6,7)8)20(24)16-9-11-18(12-10-16)22(3,4)5/h9-12,14-15,17,19-20H,13,24H2,1-8H3. The summed E-state index contributed by atoms with van der Waals surface area (Å²) in [6, 6.07) is 8.09. The zero-order chi connectivity index (χ0) is 21.0. The summed E-state index contributed by atoms with van der Waals surface area (Å²) in [6.07, 6.45) is 1.08. The predicted octanol–water partition coefficient (Wildman–Crippen LogP) is 4.80. The summed E-state index contributed by atoms with van der Waals surface area (Å²) in [7, 11) is 0. The number of esters is 1. The summed E-state index contributed by atoms with van der Waals surface area (Å²) in [5.41, 5.74) is 8.30. The van der Waals surface area contributed by atoms with E-state index in [1.165, 1.54) is 5.56 Å². The van der Waals surface area contributed by atoms with Gasteiger partial charge in [-0.2, -0.15) is 0 Å². The highest BCUT2D eigenvalue weighted by Gasteiger charge is 2.32. The monoisotopic (exact) mass is 375 g/mol. The van der Waals surface area contributed by atoms with E-state index < -0.39 is 17.5 Å². The van der Waals surface area contributed by atoms with Crippen molar-refractivity contribution >= 4 is 12.3 Å². The van der Waals surface area contributed by atoms with Gasteiger partial charge in [-0.25, -0.2) is 0 Å². The lowest BCUT2D eigenvalue weighted by Crippen LogP contribution is -2.34. The fourth-order valence-electron chi connectivity index (χ4n) is 3.16. The van der Waals surface area contributed by atoms with E-state index in [1.807, 2.05) is 0 Å². The average molecular weight is 376 g/mol. The van der Waals surface area contributed by atoms with Crippen LogP contribution in [0.2, 0.25) is 0 Å². The van der Waals surface area contributed by atoms with Crippen LogP contribution in [0.25, 0.3) is 0 Å². The normalized spacial score (nSPS) is 15.9. The Hall–Kier alpha value is -1.68. The highest BCUT2D eigenvalue weighted by molar-refractivity contribution is 5.87. The predicted molar refractivity (Wildman–Crippen MR) is 110 cm³/mol. The van der Waals surface area contributed by atoms with Crippen LogP contribution in [0.5, 0.6) is 0 Å². The van der Waals surface area contributed by atoms with Crippen LogP contribution in [-0.2, 0) is 19.7 Å². The Morgan fingerprint density at radius 3 is 1.96 bits per heavy atom. The Bertz CT molecular complexity index is 621. The van der Waals surface area contributed by atoms with E-state index in [0.717, 1.165) is 5.56 Å². The van der Waals surface area contributed by atoms with Gasteiger partial charge in [0.2, 0.25) is 0 Å². The van der Waals surface area contributed by atoms with Gasteiger partial charge >= 0.3 is 5.97 Å². The van der Waals surface area contributed by atoms with Crippen LogP contribution in [0.4, 0.5) is 0 Å². The lowest BCUT2D eigenvalue weighted by atomic mass is 9.78. The van der Waals surface area contributed by atoms with Gasteiger partial charge in [-0.05, 0) is 55.6 Å². The molecule has 0 aliphatic carbocycles. The number of rotatable bonds is 7. The van der Waals surface area contributed by atoms with E-state index >= 15 is 0 Å². The van der Waals surface area contributed by atoms with Crippen LogP contribution in [0.15, 0.2) is 24.3 Å². The summed E-state index contributed by atoms with van der Waals surface area (Å²) in [5, 5.41) is 0. The van der Waals surface area contributed by atoms with Crippen molar-refractivity contribution in [3.8, 4) is 0 Å². The number of ether oxygens (including phenoxy) is 1. The van der Waals surface area contributed by atoms with Gasteiger partial charge in [-0.1, -0.05) is 58.9 Å². The van der Waals surface area contributed by atoms with Gasteiger partial charge in [-0.3, -0.25) is 4.79 Å². The van der Waals surface area contributed by atoms with E-state index in [9.17, 15) is 9.59 Å². The van der Waals surface area contributed by atoms with Crippen LogP contribution in [0.1, 0.15) is 79.0 Å². The molecule has 0 radical (unpaired) electrons. The van der Waals surface area contributed by atoms with Crippen LogP contribution in [0.3, 0.4) is 0 Å². The van der Waals surface area contributed by atoms with E-state index in [1.54, 1.807) is 20.8 Å². The molecule has 4 nitrogen and oxygen atoms in total. The molecule has 0 saturated carbocycles. The minimum atomic E-state index is -0.795. The third-order valence-corrected chi connectivity index (χ3v) is 4.88. The van der Waals surface area contributed by atoms with Crippen molar-refractivity contribution in [2.24, 2.45) is 23.5 Å². The number of hydrogen-bond acceptors (Lipinski definition) is 4. The third kappa shape index (κ3) is 7.10. The number of carbonyl (C=O) groups excluding carboxylic acids is 2. The number of benzene rings is 1. The molecule has 0 fully saturated rings. The zero-order valence-corrected chi connectivity index (χ0v) is 18.2. The van der Waals surface area contributed by atoms with Gasteiger partial charge in [0.1, 0.15) is 17.8 Å². The first-order valence-electron chi connectivity index (χ1n) is 9.80. The molecule has 0 spiro atoms. The summed E-state index contributed by atoms with van der Waals surface area (Å²) in [6.45, 7) is 16.1. The smallest absolute Gasteiger partial charge is 0.316 e. The van der Waals surface area contributed by atoms with Crippen molar-refractivity contribution < 1.29 is 14.3 Å². The maximum absolute atomic E-state index is 12.4. The minimum Gasteiger partial charge on any atom is -0.459 e. The van der Waals surface area contributed by atoms with Gasteiger partial charge in [0.25, 0.3) is 0 Å². The summed E-state index contributed by atoms with van der Waals surface area (Å²) in [4.78, 5) is 23.9. The van der Waals surface area contributed by atoms with Crippen LogP contribution >= 0.6 is 0 Å². The van der Waals surface area contributed by atoms with Crippen LogP contribution < -0.4 is 5.73 Å². The lowest BCUT2D eigenvalue weighted by Gasteiger charge is -2.30. The first-order valence-corrected chi connectivity index (χ1v) is 9.80. The first-order chi connectivity index (χ1) is 12.3. The number of carbonyl (C=O) groups is 2. The summed E-state index contributed by atoms with van der Waals surface area (Å²) in [5.74, 6) is -1.05. The van der Waals surface area contributed by atoms with Gasteiger partial charge in [0.05, 0.1) is 0 Å². The van der Waals surface area contributed by atoms with Crippen molar-refractivity contribution in [1.82, 2.24) is 0 Å². The molecule has 0 heterocycles. The SMILES string of the molecule is CC(C)C(CC(C=O)C(=O)OC(C)(C)C)C(N)c1ccc(C(C)(C)C)cc1. The molecule has 0 aliphatic heterocycles. The largest absolute Gasteiger partial charge is 0.459 e. The molecule has 1 aromatic rings. The van der Waals surface area contributed by atoms with E-state index in [0.29, 0.717) is 12.7 Å². The van der Waals surface area contributed by atoms with Gasteiger partial charge in [0, 0.05) is 6.04 Å². The molecule has 3 atom stereocenters. The molecule has 3 unspecified atom stereocenters. The Morgan fingerprint density at radius 1 is 1.07 bits per heavy atom. The van der Waals surface area contributed by atoms with E-state index in [4.69, 9.17) is 10.5 Å². The Balaban J connectivity index is 2.99. The molecule has 27 heavy (non-hydrogen) atoms. The van der Waals surface area contributed by atoms with Gasteiger partial charge in [0.15, 0.2) is 0 Å². The molecule has 1 rings (SSSR count). The topological polar surface area (TPSA) is 69.4 Å². The number of hydrogen-bond donors (Lipinski definition) is 1. The number of aldehydes is 1. The van der Waals surface area contributed by atoms with Gasteiger partial charge < -0.3 is 15.3 Å². The maximum atomic E-state index is 12.4. The number of nitrogens with two attached hydrogens (primary N) is 1. The second-order valence-electron chi connectivity index (χ2n) is 9.82. The second-order valence-corrected chi connectivity index (χ2v) is 9.82. The molecule has 2 N–H and O–H groups in total. The Labute approximate surface area is 164 Å². The van der Waals surface area contributed by atoms with Crippen molar-refractivity contribution in [2.75, 3.05) is 0 Å². The molecule has 0 bridgehead atoms. The van der Waals surface area contributed by atoms with E-state index in [-0.39, 0.29) is 23.3 Å². The molecule has 0 amide bonds. The quantitative estimate of drug-likeness (QED) is 0.422. The minimum absolute atomic E-state index is 0.00629. The summed E-state index contributed by atoms with van der Waals surface area (Å²) < 4.78 is 5.40. The van der Waals surface area contributed by atoms with Crippen molar-refractivity contribution in [1.29, 1.82) is 0 Å². The molecular weight excluding hydrogens is 338 g/mol. The third-order valence-electron chi connectivity index (χ3n) is 4.88. The molecule has 0 aromatic heterocycles. The lowest BCUT2D eigenvalue weighted by molar-refractivity contribution is -0.161. The average Bonchev–Trinajstić information content (AvgIpc) is 2.52. The zero-order valence-electron chi connectivity index (χ0n) is 18.2. The molecule has 1 aromatic carbocycles. The Kier molecular flexibility index (Phi) is 7.79. The van der Waals surface area contributed by atoms with Crippen molar-refractivity contribution in [2.45, 2.75) is 78.9 Å². The highest BCUT2D eigenvalue weighted by atomic mass is 16.6. The molecule has 0 saturated heterocycles. The molecule has 152 valence electrons. The summed E-state index contributed by atoms with van der Waals surface area (Å²) >= 11 is 0. The van der Waals surface area contributed by atoms with E-state index in [2.05, 4.69) is 58.9 Å². The maximum Gasteiger partial charge on any atom is 0.316 e. The molecule has 4 heteroatoms.